The van der Waals surface area contributed by atoms with Gasteiger partial charge in [-0.2, -0.15) is 0 Å². The highest BCUT2D eigenvalue weighted by atomic mass is 16.6. The lowest BCUT2D eigenvalue weighted by molar-refractivity contribution is -0.384. The monoisotopic (exact) mass is 280 g/mol. The van der Waals surface area contributed by atoms with Crippen molar-refractivity contribution in [2.75, 3.05) is 5.32 Å². The zero-order chi connectivity index (χ0) is 15.1. The first kappa shape index (κ1) is 14.3. The minimum Gasteiger partial charge on any atom is -0.477 e. The molecule has 1 fully saturated rings. The second-order valence-electron chi connectivity index (χ2n) is 5.53. The Hall–Kier alpha value is -2.15. The molecule has 0 aliphatic heterocycles. The molecule has 0 amide bonds. The Labute approximate surface area is 115 Å². The Morgan fingerprint density at radius 2 is 2.15 bits per heavy atom. The zero-order valence-corrected chi connectivity index (χ0v) is 11.2. The summed E-state index contributed by atoms with van der Waals surface area (Å²) < 4.78 is 0. The van der Waals surface area contributed by atoms with Gasteiger partial charge in [0, 0.05) is 11.5 Å². The van der Waals surface area contributed by atoms with Crippen molar-refractivity contribution in [2.24, 2.45) is 5.41 Å². The van der Waals surface area contributed by atoms with Crippen LogP contribution in [0.15, 0.2) is 18.2 Å². The molecule has 108 valence electrons. The maximum atomic E-state index is 11.1. The first-order valence-corrected chi connectivity index (χ1v) is 6.20. The average Bonchev–Trinajstić information content (AvgIpc) is 2.37. The van der Waals surface area contributed by atoms with E-state index in [-0.39, 0.29) is 17.3 Å². The van der Waals surface area contributed by atoms with E-state index >= 15 is 0 Å². The molecule has 3 N–H and O–H groups in total. The summed E-state index contributed by atoms with van der Waals surface area (Å²) >= 11 is 0. The maximum absolute atomic E-state index is 11.1. The summed E-state index contributed by atoms with van der Waals surface area (Å²) in [7, 11) is 0. The molecule has 2 unspecified atom stereocenters. The maximum Gasteiger partial charge on any atom is 0.342 e. The summed E-state index contributed by atoms with van der Waals surface area (Å²) in [5.74, 6) is -1.34. The number of rotatable bonds is 4. The summed E-state index contributed by atoms with van der Waals surface area (Å²) in [5, 5.41) is 32.8. The Balaban J connectivity index is 2.36. The number of nitro benzene ring substituents is 1. The van der Waals surface area contributed by atoms with E-state index in [0.29, 0.717) is 6.42 Å². The molecular weight excluding hydrogens is 264 g/mol. The number of aliphatic hydroxyl groups is 1. The van der Waals surface area contributed by atoms with E-state index in [9.17, 15) is 20.0 Å². The van der Waals surface area contributed by atoms with Crippen LogP contribution in [0.2, 0.25) is 0 Å². The van der Waals surface area contributed by atoms with Crippen molar-refractivity contribution in [3.8, 4) is 0 Å². The van der Waals surface area contributed by atoms with Gasteiger partial charge in [-0.3, -0.25) is 10.1 Å². The third kappa shape index (κ3) is 2.20. The molecule has 20 heavy (non-hydrogen) atoms. The number of benzene rings is 1. The molecular formula is C13H16N2O5. The van der Waals surface area contributed by atoms with Crippen molar-refractivity contribution < 1.29 is 19.9 Å². The highest BCUT2D eigenvalue weighted by molar-refractivity contribution is 5.95. The minimum absolute atomic E-state index is 0.139. The molecule has 1 aliphatic carbocycles. The van der Waals surface area contributed by atoms with Crippen LogP contribution in [-0.4, -0.2) is 33.3 Å². The van der Waals surface area contributed by atoms with E-state index in [1.54, 1.807) is 0 Å². The molecule has 0 bridgehead atoms. The van der Waals surface area contributed by atoms with Crippen molar-refractivity contribution in [3.05, 3.63) is 33.9 Å². The van der Waals surface area contributed by atoms with E-state index < -0.39 is 28.1 Å². The van der Waals surface area contributed by atoms with Crippen LogP contribution in [0, 0.1) is 15.5 Å². The Morgan fingerprint density at radius 1 is 1.50 bits per heavy atom. The molecule has 2 atom stereocenters. The molecule has 1 saturated carbocycles. The van der Waals surface area contributed by atoms with Crippen LogP contribution in [0.5, 0.6) is 0 Å². The van der Waals surface area contributed by atoms with Gasteiger partial charge in [0.1, 0.15) is 11.3 Å². The van der Waals surface area contributed by atoms with E-state index in [4.69, 9.17) is 5.11 Å². The van der Waals surface area contributed by atoms with Crippen molar-refractivity contribution in [1.29, 1.82) is 0 Å². The largest absolute Gasteiger partial charge is 0.477 e. The van der Waals surface area contributed by atoms with E-state index in [1.807, 2.05) is 13.8 Å². The summed E-state index contributed by atoms with van der Waals surface area (Å²) in [4.78, 5) is 21.5. The normalized spacial score (nSPS) is 23.8. The van der Waals surface area contributed by atoms with Crippen molar-refractivity contribution in [2.45, 2.75) is 32.4 Å². The van der Waals surface area contributed by atoms with Gasteiger partial charge in [0.15, 0.2) is 0 Å². The second kappa shape index (κ2) is 4.75. The number of para-hydroxylation sites is 1. The van der Waals surface area contributed by atoms with Crippen LogP contribution < -0.4 is 5.32 Å². The smallest absolute Gasteiger partial charge is 0.342 e. The second-order valence-corrected chi connectivity index (χ2v) is 5.53. The lowest BCUT2D eigenvalue weighted by atomic mass is 9.64. The predicted octanol–water partition coefficient (Wildman–Crippen LogP) is 1.86. The molecule has 1 aromatic carbocycles. The SMILES string of the molecule is CC1(C)C(O)CC1Nc1cccc(C(=O)O)c1[N+](=O)[O-]. The molecule has 0 radical (unpaired) electrons. The predicted molar refractivity (Wildman–Crippen MR) is 71.9 cm³/mol. The van der Waals surface area contributed by atoms with Gasteiger partial charge in [-0.25, -0.2) is 4.79 Å². The minimum atomic E-state index is -1.34. The van der Waals surface area contributed by atoms with Crippen molar-refractivity contribution >= 4 is 17.3 Å². The van der Waals surface area contributed by atoms with Crippen LogP contribution in [0.1, 0.15) is 30.6 Å². The van der Waals surface area contributed by atoms with Gasteiger partial charge in [-0.1, -0.05) is 19.9 Å². The van der Waals surface area contributed by atoms with Crippen LogP contribution in [0.3, 0.4) is 0 Å². The van der Waals surface area contributed by atoms with E-state index in [2.05, 4.69) is 5.32 Å². The number of nitrogens with zero attached hydrogens (tertiary/aromatic N) is 1. The van der Waals surface area contributed by atoms with Gasteiger partial charge in [-0.15, -0.1) is 0 Å². The number of hydrogen-bond acceptors (Lipinski definition) is 5. The molecule has 7 nitrogen and oxygen atoms in total. The van der Waals surface area contributed by atoms with Gasteiger partial charge >= 0.3 is 11.7 Å². The Bertz CT molecular complexity index is 570. The summed E-state index contributed by atoms with van der Waals surface area (Å²) in [6.45, 7) is 3.71. The quantitative estimate of drug-likeness (QED) is 0.573. The fourth-order valence-electron chi connectivity index (χ4n) is 2.36. The fourth-order valence-corrected chi connectivity index (χ4v) is 2.36. The zero-order valence-electron chi connectivity index (χ0n) is 11.2. The third-order valence-electron chi connectivity index (χ3n) is 3.99. The van der Waals surface area contributed by atoms with Gasteiger partial charge in [0.25, 0.3) is 0 Å². The van der Waals surface area contributed by atoms with E-state index in [0.717, 1.165) is 0 Å². The van der Waals surface area contributed by atoms with Gasteiger partial charge in [-0.05, 0) is 18.6 Å². The summed E-state index contributed by atoms with van der Waals surface area (Å²) in [5.41, 5.74) is -1.04. The number of anilines is 1. The Morgan fingerprint density at radius 3 is 2.60 bits per heavy atom. The molecule has 0 saturated heterocycles. The Kier molecular flexibility index (Phi) is 3.39. The number of nitro groups is 1. The fraction of sp³-hybridized carbons (Fsp3) is 0.462. The molecule has 7 heteroatoms. The van der Waals surface area contributed by atoms with Crippen LogP contribution in [-0.2, 0) is 0 Å². The molecule has 2 rings (SSSR count). The molecule has 0 heterocycles. The summed E-state index contributed by atoms with van der Waals surface area (Å²) in [6.07, 6.45) is 0.00303. The average molecular weight is 280 g/mol. The number of nitrogens with one attached hydrogen (secondary N) is 1. The lowest BCUT2D eigenvalue weighted by Gasteiger charge is -2.49. The van der Waals surface area contributed by atoms with Gasteiger partial charge in [0.05, 0.1) is 11.0 Å². The highest BCUT2D eigenvalue weighted by Gasteiger charge is 2.47. The van der Waals surface area contributed by atoms with E-state index in [1.165, 1.54) is 18.2 Å². The molecule has 0 spiro atoms. The molecule has 0 aromatic heterocycles. The first-order chi connectivity index (χ1) is 9.25. The van der Waals surface area contributed by atoms with Crippen molar-refractivity contribution in [3.63, 3.8) is 0 Å². The van der Waals surface area contributed by atoms with Crippen LogP contribution >= 0.6 is 0 Å². The lowest BCUT2D eigenvalue weighted by Crippen LogP contribution is -2.56. The number of aromatic carboxylic acids is 1. The number of aliphatic hydroxyl groups excluding tert-OH is 1. The summed E-state index contributed by atoms with van der Waals surface area (Å²) in [6, 6.07) is 4.00. The first-order valence-electron chi connectivity index (χ1n) is 6.20. The van der Waals surface area contributed by atoms with Gasteiger partial charge in [0.2, 0.25) is 0 Å². The molecule has 1 aliphatic rings. The van der Waals surface area contributed by atoms with Gasteiger partial charge < -0.3 is 15.5 Å². The topological polar surface area (TPSA) is 113 Å². The van der Waals surface area contributed by atoms with Crippen LogP contribution in [0.25, 0.3) is 0 Å². The van der Waals surface area contributed by atoms with Crippen molar-refractivity contribution in [1.82, 2.24) is 0 Å². The van der Waals surface area contributed by atoms with Crippen LogP contribution in [0.4, 0.5) is 11.4 Å². The third-order valence-corrected chi connectivity index (χ3v) is 3.99. The number of carboxylic acid groups (broad SMARTS) is 1. The standard InChI is InChI=1S/C13H16N2O5/c1-13(2)9(6-10(13)16)14-8-5-3-4-7(12(17)18)11(8)15(19)20/h3-5,9-10,14,16H,6H2,1-2H3,(H,17,18). The number of hydrogen-bond donors (Lipinski definition) is 3. The number of carboxylic acids is 1. The molecule has 1 aromatic rings. The highest BCUT2D eigenvalue weighted by Crippen LogP contribution is 2.43. The number of carbonyl (C=O) groups is 1.